The van der Waals surface area contributed by atoms with Gasteiger partial charge in [-0.15, -0.1) is 11.3 Å². The van der Waals surface area contributed by atoms with Gasteiger partial charge in [-0.2, -0.15) is 0 Å². The van der Waals surface area contributed by atoms with Crippen LogP contribution in [0.5, 0.6) is 5.75 Å². The summed E-state index contributed by atoms with van der Waals surface area (Å²) in [5.74, 6) is -0.752. The second kappa shape index (κ2) is 11.4. The minimum atomic E-state index is -0.602. The first-order valence-electron chi connectivity index (χ1n) is 10.8. The van der Waals surface area contributed by atoms with Gasteiger partial charge >= 0.3 is 5.97 Å². The third-order valence-corrected chi connectivity index (χ3v) is 5.87. The molecule has 0 radical (unpaired) electrons. The molecular weight excluding hydrogens is 454 g/mol. The van der Waals surface area contributed by atoms with E-state index in [1.165, 1.54) is 23.2 Å². The van der Waals surface area contributed by atoms with E-state index in [0.717, 1.165) is 16.8 Å². The first-order chi connectivity index (χ1) is 16.3. The Balaban J connectivity index is 1.58. The number of aromatic nitrogens is 1. The SMILES string of the molecule is CCOc1ccccc1C(=O)NCC(=O)OCc1csc(N(C(C)=O)c2ccc(C)c(C)c2)n1. The molecule has 0 aliphatic heterocycles. The maximum absolute atomic E-state index is 12.4. The molecule has 0 atom stereocenters. The van der Waals surface area contributed by atoms with Gasteiger partial charge in [0.1, 0.15) is 18.9 Å². The predicted molar refractivity (Wildman–Crippen MR) is 131 cm³/mol. The molecule has 178 valence electrons. The summed E-state index contributed by atoms with van der Waals surface area (Å²) in [6.07, 6.45) is 0. The van der Waals surface area contributed by atoms with Crippen molar-refractivity contribution in [1.29, 1.82) is 0 Å². The highest BCUT2D eigenvalue weighted by Crippen LogP contribution is 2.30. The molecule has 1 aromatic heterocycles. The highest BCUT2D eigenvalue weighted by Gasteiger charge is 2.19. The molecule has 3 rings (SSSR count). The van der Waals surface area contributed by atoms with Gasteiger partial charge in [-0.25, -0.2) is 4.98 Å². The van der Waals surface area contributed by atoms with Gasteiger partial charge in [-0.3, -0.25) is 19.3 Å². The van der Waals surface area contributed by atoms with Crippen molar-refractivity contribution in [2.75, 3.05) is 18.1 Å². The normalized spacial score (nSPS) is 10.5. The molecule has 0 fully saturated rings. The van der Waals surface area contributed by atoms with Crippen LogP contribution in [0.2, 0.25) is 0 Å². The summed E-state index contributed by atoms with van der Waals surface area (Å²) in [6, 6.07) is 12.6. The fourth-order valence-corrected chi connectivity index (χ4v) is 4.02. The average molecular weight is 482 g/mol. The Morgan fingerprint density at radius 2 is 1.85 bits per heavy atom. The molecule has 34 heavy (non-hydrogen) atoms. The number of benzene rings is 2. The zero-order valence-electron chi connectivity index (χ0n) is 19.6. The topological polar surface area (TPSA) is 97.8 Å². The molecule has 0 saturated heterocycles. The van der Waals surface area contributed by atoms with E-state index in [2.05, 4.69) is 10.3 Å². The summed E-state index contributed by atoms with van der Waals surface area (Å²) in [6.45, 7) is 7.35. The molecule has 1 N–H and O–H groups in total. The van der Waals surface area contributed by atoms with Crippen molar-refractivity contribution in [1.82, 2.24) is 10.3 Å². The van der Waals surface area contributed by atoms with E-state index in [9.17, 15) is 14.4 Å². The van der Waals surface area contributed by atoms with Crippen LogP contribution in [0.4, 0.5) is 10.8 Å². The van der Waals surface area contributed by atoms with E-state index >= 15 is 0 Å². The van der Waals surface area contributed by atoms with Crippen LogP contribution in [0.25, 0.3) is 0 Å². The van der Waals surface area contributed by atoms with Crippen LogP contribution in [0.15, 0.2) is 47.8 Å². The summed E-state index contributed by atoms with van der Waals surface area (Å²) < 4.78 is 10.7. The van der Waals surface area contributed by atoms with Crippen LogP contribution in [0.1, 0.15) is 41.0 Å². The number of ether oxygens (including phenoxy) is 2. The molecule has 3 aromatic rings. The molecule has 8 nitrogen and oxygen atoms in total. The first-order valence-corrected chi connectivity index (χ1v) is 11.7. The lowest BCUT2D eigenvalue weighted by molar-refractivity contribution is -0.143. The number of anilines is 2. The summed E-state index contributed by atoms with van der Waals surface area (Å²) in [5.41, 5.74) is 3.78. The third kappa shape index (κ3) is 6.20. The highest BCUT2D eigenvalue weighted by molar-refractivity contribution is 7.14. The van der Waals surface area contributed by atoms with Crippen molar-refractivity contribution in [3.8, 4) is 5.75 Å². The van der Waals surface area contributed by atoms with Gasteiger partial charge in [0.2, 0.25) is 5.91 Å². The van der Waals surface area contributed by atoms with Crippen LogP contribution in [0.3, 0.4) is 0 Å². The number of hydrogen-bond acceptors (Lipinski definition) is 7. The molecule has 0 aliphatic rings. The van der Waals surface area contributed by atoms with E-state index < -0.39 is 11.9 Å². The molecule has 2 aromatic carbocycles. The number of carbonyl (C=O) groups is 3. The zero-order valence-corrected chi connectivity index (χ0v) is 20.4. The van der Waals surface area contributed by atoms with Crippen molar-refractivity contribution in [3.05, 3.63) is 70.2 Å². The Labute approximate surface area is 202 Å². The molecule has 0 saturated carbocycles. The standard InChI is InChI=1S/C25H27N3O5S/c1-5-32-22-9-7-6-8-21(22)24(31)26-13-23(30)33-14-19-15-34-25(27-19)28(18(4)29)20-11-10-16(2)17(3)12-20/h6-12,15H,5,13-14H2,1-4H3,(H,26,31). The molecule has 9 heteroatoms. The minimum Gasteiger partial charge on any atom is -0.493 e. The lowest BCUT2D eigenvalue weighted by Crippen LogP contribution is -2.30. The quantitative estimate of drug-likeness (QED) is 0.457. The predicted octanol–water partition coefficient (Wildman–Crippen LogP) is 4.32. The smallest absolute Gasteiger partial charge is 0.325 e. The van der Waals surface area contributed by atoms with Gasteiger partial charge in [-0.1, -0.05) is 18.2 Å². The number of aryl methyl sites for hydroxylation is 2. The van der Waals surface area contributed by atoms with Crippen molar-refractivity contribution < 1.29 is 23.9 Å². The van der Waals surface area contributed by atoms with Gasteiger partial charge in [0.25, 0.3) is 5.91 Å². The van der Waals surface area contributed by atoms with Crippen LogP contribution >= 0.6 is 11.3 Å². The monoisotopic (exact) mass is 481 g/mol. The van der Waals surface area contributed by atoms with Crippen LogP contribution in [0, 0.1) is 13.8 Å². The Morgan fingerprint density at radius 3 is 2.56 bits per heavy atom. The fourth-order valence-electron chi connectivity index (χ4n) is 3.15. The lowest BCUT2D eigenvalue weighted by atomic mass is 10.1. The first kappa shape index (κ1) is 24.9. The van der Waals surface area contributed by atoms with E-state index in [1.807, 2.05) is 39.0 Å². The largest absolute Gasteiger partial charge is 0.493 e. The Hall–Kier alpha value is -3.72. The summed E-state index contributed by atoms with van der Waals surface area (Å²) in [5, 5.41) is 4.76. The molecule has 0 spiro atoms. The number of amides is 2. The molecule has 0 unspecified atom stereocenters. The van der Waals surface area contributed by atoms with Crippen molar-refractivity contribution >= 4 is 39.9 Å². The number of rotatable bonds is 9. The Morgan fingerprint density at radius 1 is 1.09 bits per heavy atom. The van der Waals surface area contributed by atoms with Crippen molar-refractivity contribution in [2.45, 2.75) is 34.3 Å². The highest BCUT2D eigenvalue weighted by atomic mass is 32.1. The average Bonchev–Trinajstić information content (AvgIpc) is 3.27. The number of hydrogen-bond donors (Lipinski definition) is 1. The molecule has 0 bridgehead atoms. The molecular formula is C25H27N3O5S. The van der Waals surface area contributed by atoms with Gasteiger partial charge < -0.3 is 14.8 Å². The zero-order chi connectivity index (χ0) is 24.7. The number of nitrogens with one attached hydrogen (secondary N) is 1. The maximum atomic E-state index is 12.4. The van der Waals surface area contributed by atoms with Gasteiger partial charge in [-0.05, 0) is 56.2 Å². The van der Waals surface area contributed by atoms with E-state index in [-0.39, 0.29) is 19.1 Å². The minimum absolute atomic E-state index is 0.0700. The Kier molecular flexibility index (Phi) is 8.37. The van der Waals surface area contributed by atoms with Crippen LogP contribution < -0.4 is 15.0 Å². The molecule has 1 heterocycles. The van der Waals surface area contributed by atoms with Gasteiger partial charge in [0, 0.05) is 12.3 Å². The van der Waals surface area contributed by atoms with Gasteiger partial charge in [0.05, 0.1) is 23.6 Å². The number of esters is 1. The number of nitrogens with zero attached hydrogens (tertiary/aromatic N) is 2. The second-order valence-corrected chi connectivity index (χ2v) is 8.35. The van der Waals surface area contributed by atoms with Gasteiger partial charge in [0.15, 0.2) is 5.13 Å². The maximum Gasteiger partial charge on any atom is 0.325 e. The fraction of sp³-hybridized carbons (Fsp3) is 0.280. The van der Waals surface area contributed by atoms with Crippen LogP contribution in [-0.4, -0.2) is 35.9 Å². The lowest BCUT2D eigenvalue weighted by Gasteiger charge is -2.19. The molecule has 2 amide bonds. The van der Waals surface area contributed by atoms with E-state index in [0.29, 0.717) is 28.7 Å². The number of para-hydroxylation sites is 1. The summed E-state index contributed by atoms with van der Waals surface area (Å²) >= 11 is 1.28. The number of carbonyl (C=O) groups excluding carboxylic acids is 3. The molecule has 0 aliphatic carbocycles. The van der Waals surface area contributed by atoms with Crippen molar-refractivity contribution in [3.63, 3.8) is 0 Å². The van der Waals surface area contributed by atoms with E-state index in [4.69, 9.17) is 9.47 Å². The summed E-state index contributed by atoms with van der Waals surface area (Å²) in [7, 11) is 0. The second-order valence-electron chi connectivity index (χ2n) is 7.52. The Bertz CT molecular complexity index is 1190. The summed E-state index contributed by atoms with van der Waals surface area (Å²) in [4.78, 5) is 42.8. The van der Waals surface area contributed by atoms with E-state index in [1.54, 1.807) is 29.6 Å². The van der Waals surface area contributed by atoms with Crippen LogP contribution in [-0.2, 0) is 20.9 Å². The number of thiazole rings is 1. The van der Waals surface area contributed by atoms with Crippen molar-refractivity contribution in [2.24, 2.45) is 0 Å². The third-order valence-electron chi connectivity index (χ3n) is 5.00.